The number of aryl methyl sites for hydroxylation is 1. The summed E-state index contributed by atoms with van der Waals surface area (Å²) in [7, 11) is 1.89. The molecule has 1 heterocycles. The quantitative estimate of drug-likeness (QED) is 0.698. The second-order valence-electron chi connectivity index (χ2n) is 5.47. The molecule has 3 aromatic rings. The van der Waals surface area contributed by atoms with Crippen molar-refractivity contribution in [2.45, 2.75) is 6.04 Å². The summed E-state index contributed by atoms with van der Waals surface area (Å²) in [4.78, 5) is 16.8. The van der Waals surface area contributed by atoms with Crippen LogP contribution in [0, 0.1) is 0 Å². The lowest BCUT2D eigenvalue weighted by atomic mass is 10.1. The SMILES string of the molecule is Cn1ccnc1[C@@H](NC(=O)Nc1ccc(Cl)c(Cl)c1)c1ccccc1. The van der Waals surface area contributed by atoms with Gasteiger partial charge in [0.1, 0.15) is 11.9 Å². The first-order chi connectivity index (χ1) is 12.0. The first-order valence-electron chi connectivity index (χ1n) is 7.59. The number of hydrogen-bond donors (Lipinski definition) is 2. The smallest absolute Gasteiger partial charge is 0.320 e. The van der Waals surface area contributed by atoms with Gasteiger partial charge < -0.3 is 15.2 Å². The van der Waals surface area contributed by atoms with Crippen LogP contribution in [0.25, 0.3) is 0 Å². The highest BCUT2D eigenvalue weighted by Crippen LogP contribution is 2.25. The van der Waals surface area contributed by atoms with Crippen molar-refractivity contribution in [1.29, 1.82) is 0 Å². The van der Waals surface area contributed by atoms with E-state index in [-0.39, 0.29) is 12.1 Å². The molecule has 0 unspecified atom stereocenters. The van der Waals surface area contributed by atoms with E-state index in [9.17, 15) is 4.79 Å². The van der Waals surface area contributed by atoms with Gasteiger partial charge in [0.05, 0.1) is 10.0 Å². The van der Waals surface area contributed by atoms with Crippen molar-refractivity contribution in [2.24, 2.45) is 7.05 Å². The molecule has 2 amide bonds. The fourth-order valence-electron chi connectivity index (χ4n) is 2.47. The third kappa shape index (κ3) is 4.13. The first-order valence-corrected chi connectivity index (χ1v) is 8.35. The molecule has 1 aromatic heterocycles. The molecule has 25 heavy (non-hydrogen) atoms. The van der Waals surface area contributed by atoms with E-state index in [0.717, 1.165) is 11.4 Å². The lowest BCUT2D eigenvalue weighted by Gasteiger charge is -2.19. The van der Waals surface area contributed by atoms with Crippen molar-refractivity contribution >= 4 is 34.9 Å². The normalized spacial score (nSPS) is 11.8. The van der Waals surface area contributed by atoms with Gasteiger partial charge in [-0.1, -0.05) is 53.5 Å². The highest BCUT2D eigenvalue weighted by molar-refractivity contribution is 6.42. The van der Waals surface area contributed by atoms with Crippen molar-refractivity contribution in [1.82, 2.24) is 14.9 Å². The molecule has 0 spiro atoms. The van der Waals surface area contributed by atoms with Crippen molar-refractivity contribution in [3.05, 3.63) is 82.4 Å². The van der Waals surface area contributed by atoms with Gasteiger partial charge in [-0.15, -0.1) is 0 Å². The number of amides is 2. The number of halogens is 2. The van der Waals surface area contributed by atoms with Gasteiger partial charge in [0, 0.05) is 25.1 Å². The molecular weight excluding hydrogens is 359 g/mol. The van der Waals surface area contributed by atoms with E-state index in [0.29, 0.717) is 15.7 Å². The maximum absolute atomic E-state index is 12.5. The molecule has 128 valence electrons. The topological polar surface area (TPSA) is 59.0 Å². The average Bonchev–Trinajstić information content (AvgIpc) is 3.03. The summed E-state index contributed by atoms with van der Waals surface area (Å²) >= 11 is 11.9. The number of nitrogens with one attached hydrogen (secondary N) is 2. The van der Waals surface area contributed by atoms with E-state index in [1.54, 1.807) is 24.4 Å². The van der Waals surface area contributed by atoms with Crippen LogP contribution in [0.4, 0.5) is 10.5 Å². The Morgan fingerprint density at radius 3 is 2.52 bits per heavy atom. The van der Waals surface area contributed by atoms with Crippen LogP contribution in [0.15, 0.2) is 60.9 Å². The van der Waals surface area contributed by atoms with Crippen LogP contribution in [0.1, 0.15) is 17.4 Å². The predicted octanol–water partition coefficient (Wildman–Crippen LogP) is 4.64. The highest BCUT2D eigenvalue weighted by atomic mass is 35.5. The van der Waals surface area contributed by atoms with E-state index >= 15 is 0 Å². The lowest BCUT2D eigenvalue weighted by molar-refractivity contribution is 0.249. The molecule has 7 heteroatoms. The van der Waals surface area contributed by atoms with Gasteiger partial charge in [-0.3, -0.25) is 0 Å². The minimum atomic E-state index is -0.385. The number of benzene rings is 2. The molecule has 0 aliphatic heterocycles. The minimum Gasteiger partial charge on any atom is -0.336 e. The first kappa shape index (κ1) is 17.3. The molecule has 0 saturated heterocycles. The highest BCUT2D eigenvalue weighted by Gasteiger charge is 2.20. The van der Waals surface area contributed by atoms with E-state index in [1.807, 2.05) is 48.1 Å². The molecule has 0 aliphatic rings. The van der Waals surface area contributed by atoms with E-state index in [4.69, 9.17) is 23.2 Å². The fourth-order valence-corrected chi connectivity index (χ4v) is 2.77. The van der Waals surface area contributed by atoms with Crippen LogP contribution in [0.3, 0.4) is 0 Å². The number of hydrogen-bond acceptors (Lipinski definition) is 2. The predicted molar refractivity (Wildman–Crippen MR) is 100 cm³/mol. The van der Waals surface area contributed by atoms with Crippen molar-refractivity contribution in [3.8, 4) is 0 Å². The van der Waals surface area contributed by atoms with Gasteiger partial charge in [0.15, 0.2) is 0 Å². The largest absolute Gasteiger partial charge is 0.336 e. The zero-order chi connectivity index (χ0) is 17.8. The number of aromatic nitrogens is 2. The number of carbonyl (C=O) groups is 1. The summed E-state index contributed by atoms with van der Waals surface area (Å²) in [6.07, 6.45) is 3.54. The van der Waals surface area contributed by atoms with Gasteiger partial charge in [-0.25, -0.2) is 9.78 Å². The zero-order valence-corrected chi connectivity index (χ0v) is 14.9. The fraction of sp³-hybridized carbons (Fsp3) is 0.111. The molecule has 5 nitrogen and oxygen atoms in total. The molecule has 0 saturated carbocycles. The van der Waals surface area contributed by atoms with Gasteiger partial charge in [-0.2, -0.15) is 0 Å². The minimum absolute atomic E-state index is 0.366. The Bertz CT molecular complexity index is 880. The van der Waals surface area contributed by atoms with E-state index in [2.05, 4.69) is 15.6 Å². The van der Waals surface area contributed by atoms with Gasteiger partial charge >= 0.3 is 6.03 Å². The molecule has 0 aliphatic carbocycles. The molecule has 2 aromatic carbocycles. The summed E-state index contributed by atoms with van der Waals surface area (Å²) in [5.74, 6) is 0.732. The summed E-state index contributed by atoms with van der Waals surface area (Å²) in [5.41, 5.74) is 1.49. The molecule has 3 rings (SSSR count). The maximum Gasteiger partial charge on any atom is 0.320 e. The summed E-state index contributed by atoms with van der Waals surface area (Å²) in [6.45, 7) is 0. The maximum atomic E-state index is 12.5. The number of imidazole rings is 1. The Hall–Kier alpha value is -2.50. The summed E-state index contributed by atoms with van der Waals surface area (Å²) in [6, 6.07) is 13.8. The number of carbonyl (C=O) groups excluding carboxylic acids is 1. The zero-order valence-electron chi connectivity index (χ0n) is 13.4. The van der Waals surface area contributed by atoms with Gasteiger partial charge in [0.25, 0.3) is 0 Å². The summed E-state index contributed by atoms with van der Waals surface area (Å²) < 4.78 is 1.87. The van der Waals surface area contributed by atoms with Gasteiger partial charge in [0.2, 0.25) is 0 Å². The second-order valence-corrected chi connectivity index (χ2v) is 6.28. The number of anilines is 1. The second kappa shape index (κ2) is 7.59. The summed E-state index contributed by atoms with van der Waals surface area (Å²) in [5, 5.41) is 6.52. The Kier molecular flexibility index (Phi) is 5.26. The van der Waals surface area contributed by atoms with Crippen LogP contribution in [-0.4, -0.2) is 15.6 Å². The van der Waals surface area contributed by atoms with Crippen molar-refractivity contribution in [2.75, 3.05) is 5.32 Å². The Morgan fingerprint density at radius 2 is 1.88 bits per heavy atom. The van der Waals surface area contributed by atoms with Crippen molar-refractivity contribution < 1.29 is 4.79 Å². The number of nitrogens with zero attached hydrogens (tertiary/aromatic N) is 2. The van der Waals surface area contributed by atoms with Crippen LogP contribution < -0.4 is 10.6 Å². The standard InChI is InChI=1S/C18H16Cl2N4O/c1-24-10-9-21-17(24)16(12-5-3-2-4-6-12)23-18(25)22-13-7-8-14(19)15(20)11-13/h2-11,16H,1H3,(H2,22,23,25)/t16-/m0/s1. The lowest BCUT2D eigenvalue weighted by Crippen LogP contribution is -2.34. The van der Waals surface area contributed by atoms with E-state index < -0.39 is 0 Å². The molecule has 1 atom stereocenters. The van der Waals surface area contributed by atoms with E-state index in [1.165, 1.54) is 0 Å². The Morgan fingerprint density at radius 1 is 1.12 bits per heavy atom. The van der Waals surface area contributed by atoms with Crippen LogP contribution in [-0.2, 0) is 7.05 Å². The molecule has 0 bridgehead atoms. The monoisotopic (exact) mass is 374 g/mol. The van der Waals surface area contributed by atoms with Crippen molar-refractivity contribution in [3.63, 3.8) is 0 Å². The van der Waals surface area contributed by atoms with Crippen LogP contribution >= 0.6 is 23.2 Å². The van der Waals surface area contributed by atoms with Crippen LogP contribution in [0.5, 0.6) is 0 Å². The number of urea groups is 1. The third-order valence-electron chi connectivity index (χ3n) is 3.70. The average molecular weight is 375 g/mol. The molecular formula is C18H16Cl2N4O. The molecule has 0 fully saturated rings. The number of rotatable bonds is 4. The van der Waals surface area contributed by atoms with Gasteiger partial charge in [-0.05, 0) is 23.8 Å². The molecule has 2 N–H and O–H groups in total. The molecule has 0 radical (unpaired) electrons. The Labute approximate surface area is 155 Å². The third-order valence-corrected chi connectivity index (χ3v) is 4.44. The van der Waals surface area contributed by atoms with Crippen LogP contribution in [0.2, 0.25) is 10.0 Å². The Balaban J connectivity index is 1.81.